The van der Waals surface area contributed by atoms with Crippen molar-refractivity contribution in [2.75, 3.05) is 0 Å². The van der Waals surface area contributed by atoms with Crippen LogP contribution in [0, 0.1) is 6.92 Å². The maximum Gasteiger partial charge on any atom is 0.586 e. The van der Waals surface area contributed by atoms with Crippen molar-refractivity contribution in [3.05, 3.63) is 77.0 Å². The number of fused-ring (bicyclic) bond motifs is 1. The first-order valence-corrected chi connectivity index (χ1v) is 11.4. The van der Waals surface area contributed by atoms with Gasteiger partial charge in [-0.05, 0) is 54.7 Å². The fourth-order valence-electron chi connectivity index (χ4n) is 4.40. The molecule has 6 nitrogen and oxygen atoms in total. The van der Waals surface area contributed by atoms with Crippen LogP contribution in [0.4, 0.5) is 8.78 Å². The van der Waals surface area contributed by atoms with E-state index in [1.807, 2.05) is 43.3 Å². The van der Waals surface area contributed by atoms with Gasteiger partial charge in [0.05, 0.1) is 11.1 Å². The second-order valence-corrected chi connectivity index (χ2v) is 9.09. The van der Waals surface area contributed by atoms with Crippen LogP contribution in [0.3, 0.4) is 0 Å². The van der Waals surface area contributed by atoms with Gasteiger partial charge in [-0.15, -0.1) is 8.78 Å². The zero-order valence-electron chi connectivity index (χ0n) is 19.4. The second kappa shape index (κ2) is 8.45. The molecule has 35 heavy (non-hydrogen) atoms. The molecule has 0 bridgehead atoms. The lowest BCUT2D eigenvalue weighted by Crippen LogP contribution is -2.26. The van der Waals surface area contributed by atoms with Crippen LogP contribution in [0.1, 0.15) is 42.1 Å². The van der Waals surface area contributed by atoms with Gasteiger partial charge in [0.1, 0.15) is 5.78 Å². The lowest BCUT2D eigenvalue weighted by Gasteiger charge is -2.16. The minimum Gasteiger partial charge on any atom is -0.395 e. The van der Waals surface area contributed by atoms with E-state index in [0.29, 0.717) is 30.6 Å². The van der Waals surface area contributed by atoms with Crippen LogP contribution < -0.4 is 14.8 Å². The summed E-state index contributed by atoms with van der Waals surface area (Å²) in [6, 6.07) is 16.1. The molecular formula is C27H24F2N2O4. The van der Waals surface area contributed by atoms with E-state index in [0.717, 1.165) is 22.4 Å². The lowest BCUT2D eigenvalue weighted by molar-refractivity contribution is -0.286. The summed E-state index contributed by atoms with van der Waals surface area (Å²) < 4.78 is 35.8. The third-order valence-electron chi connectivity index (χ3n) is 6.50. The number of pyridine rings is 1. The van der Waals surface area contributed by atoms with Crippen LogP contribution in [-0.4, -0.2) is 23.0 Å². The molecule has 1 aliphatic carbocycles. The van der Waals surface area contributed by atoms with E-state index in [2.05, 4.69) is 14.8 Å². The molecule has 180 valence electrons. The number of nitrogens with one attached hydrogen (secondary N) is 1. The Kier molecular flexibility index (Phi) is 5.54. The van der Waals surface area contributed by atoms with Crippen molar-refractivity contribution in [1.29, 1.82) is 0 Å². The molecule has 1 N–H and O–H groups in total. The van der Waals surface area contributed by atoms with Crippen molar-refractivity contribution < 1.29 is 27.8 Å². The number of amides is 1. The molecule has 2 aromatic carbocycles. The smallest absolute Gasteiger partial charge is 0.395 e. The minimum atomic E-state index is -3.69. The average Bonchev–Trinajstić information content (AvgIpc) is 3.56. The number of nitrogens with zero attached hydrogens (tertiary/aromatic N) is 1. The van der Waals surface area contributed by atoms with Crippen LogP contribution >= 0.6 is 0 Å². The van der Waals surface area contributed by atoms with Gasteiger partial charge in [-0.2, -0.15) is 0 Å². The van der Waals surface area contributed by atoms with Gasteiger partial charge in [-0.25, -0.2) is 0 Å². The largest absolute Gasteiger partial charge is 0.586 e. The molecule has 0 saturated heterocycles. The lowest BCUT2D eigenvalue weighted by atomic mass is 9.88. The Morgan fingerprint density at radius 2 is 1.71 bits per heavy atom. The Hall–Kier alpha value is -3.81. The van der Waals surface area contributed by atoms with E-state index in [1.165, 1.54) is 19.1 Å². The number of ketones is 1. The van der Waals surface area contributed by atoms with Gasteiger partial charge in [0.25, 0.3) is 0 Å². The average molecular weight is 478 g/mol. The van der Waals surface area contributed by atoms with Crippen molar-refractivity contribution in [3.63, 3.8) is 0 Å². The second-order valence-electron chi connectivity index (χ2n) is 9.09. The molecule has 3 aromatic rings. The third kappa shape index (κ3) is 4.60. The molecule has 1 saturated carbocycles. The summed E-state index contributed by atoms with van der Waals surface area (Å²) in [7, 11) is 0. The first-order chi connectivity index (χ1) is 16.6. The molecule has 0 spiro atoms. The number of Topliss-reactive ketones (excluding diaryl/α,β-unsaturated/α-hetero) is 1. The minimum absolute atomic E-state index is 0.00363. The molecule has 1 aromatic heterocycles. The number of hydrogen-bond donors (Lipinski definition) is 1. The molecule has 1 amide bonds. The predicted octanol–water partition coefficient (Wildman–Crippen LogP) is 4.86. The van der Waals surface area contributed by atoms with E-state index in [1.54, 1.807) is 6.07 Å². The number of alkyl halides is 2. The van der Waals surface area contributed by atoms with Gasteiger partial charge in [0, 0.05) is 31.1 Å². The fraction of sp³-hybridized carbons (Fsp3) is 0.296. The highest BCUT2D eigenvalue weighted by atomic mass is 19.3. The fourth-order valence-corrected chi connectivity index (χ4v) is 4.40. The molecule has 0 unspecified atom stereocenters. The number of carbonyl (C=O) groups excluding carboxylic acids is 2. The SMILES string of the molecule is CC(=O)NCc1ccc(-c2nc(CC(=O)C3(c4ccc5c(c4)OC(F)(F)O5)CC3)ccc2C)cc1. The standard InChI is InChI=1S/C27H24F2N2O4/c1-16-3-9-21(31-25(16)19-6-4-18(5-7-19)15-30-17(2)32)14-24(33)26(11-12-26)20-8-10-22-23(13-20)35-27(28,29)34-22/h3-10,13H,11-12,14-15H2,1-2H3,(H,30,32). The summed E-state index contributed by atoms with van der Waals surface area (Å²) in [5, 5.41) is 2.77. The van der Waals surface area contributed by atoms with Crippen LogP contribution in [0.5, 0.6) is 11.5 Å². The summed E-state index contributed by atoms with van der Waals surface area (Å²) in [4.78, 5) is 29.2. The number of aromatic nitrogens is 1. The topological polar surface area (TPSA) is 77.5 Å². The molecule has 0 atom stereocenters. The number of carbonyl (C=O) groups is 2. The molecule has 8 heteroatoms. The molecule has 1 aliphatic heterocycles. The van der Waals surface area contributed by atoms with E-state index in [4.69, 9.17) is 4.98 Å². The van der Waals surface area contributed by atoms with Gasteiger partial charge in [-0.1, -0.05) is 36.4 Å². The van der Waals surface area contributed by atoms with E-state index in [9.17, 15) is 18.4 Å². The van der Waals surface area contributed by atoms with E-state index < -0.39 is 11.7 Å². The summed E-state index contributed by atoms with van der Waals surface area (Å²) in [5.74, 6) is -0.175. The molecule has 2 heterocycles. The van der Waals surface area contributed by atoms with Crippen molar-refractivity contribution in [1.82, 2.24) is 10.3 Å². The monoisotopic (exact) mass is 478 g/mol. The van der Waals surface area contributed by atoms with E-state index in [-0.39, 0.29) is 29.6 Å². The Labute approximate surface area is 201 Å². The Bertz CT molecular complexity index is 1320. The van der Waals surface area contributed by atoms with Crippen molar-refractivity contribution in [3.8, 4) is 22.8 Å². The molecule has 5 rings (SSSR count). The van der Waals surface area contributed by atoms with Crippen LogP contribution in [0.15, 0.2) is 54.6 Å². The highest BCUT2D eigenvalue weighted by Gasteiger charge is 2.52. The molecule has 1 fully saturated rings. The van der Waals surface area contributed by atoms with Gasteiger partial charge in [0.2, 0.25) is 5.91 Å². The number of benzene rings is 2. The van der Waals surface area contributed by atoms with Crippen molar-refractivity contribution in [2.24, 2.45) is 0 Å². The number of aryl methyl sites for hydroxylation is 1. The van der Waals surface area contributed by atoms with Crippen molar-refractivity contribution >= 4 is 11.7 Å². The normalized spacial score (nSPS) is 16.6. The number of halogens is 2. The Balaban J connectivity index is 1.34. The number of hydrogen-bond acceptors (Lipinski definition) is 5. The molecular weight excluding hydrogens is 454 g/mol. The first kappa shape index (κ1) is 23.0. The van der Waals surface area contributed by atoms with Gasteiger partial charge in [-0.3, -0.25) is 14.6 Å². The van der Waals surface area contributed by atoms with Crippen LogP contribution in [-0.2, 0) is 28.0 Å². The predicted molar refractivity (Wildman–Crippen MR) is 124 cm³/mol. The number of rotatable bonds is 7. The van der Waals surface area contributed by atoms with Gasteiger partial charge < -0.3 is 14.8 Å². The highest BCUT2D eigenvalue weighted by molar-refractivity contribution is 5.94. The summed E-state index contributed by atoms with van der Waals surface area (Å²) >= 11 is 0. The summed E-state index contributed by atoms with van der Waals surface area (Å²) in [5.41, 5.74) is 4.26. The van der Waals surface area contributed by atoms with Gasteiger partial charge in [0.15, 0.2) is 11.5 Å². The number of ether oxygens (including phenoxy) is 2. The highest BCUT2D eigenvalue weighted by Crippen LogP contribution is 2.52. The third-order valence-corrected chi connectivity index (χ3v) is 6.50. The van der Waals surface area contributed by atoms with Crippen molar-refractivity contribution in [2.45, 2.75) is 51.4 Å². The maximum absolute atomic E-state index is 13.4. The zero-order chi connectivity index (χ0) is 24.8. The summed E-state index contributed by atoms with van der Waals surface area (Å²) in [6.07, 6.45) is -2.25. The Morgan fingerprint density at radius 1 is 1.00 bits per heavy atom. The summed E-state index contributed by atoms with van der Waals surface area (Å²) in [6.45, 7) is 3.89. The zero-order valence-corrected chi connectivity index (χ0v) is 19.4. The molecule has 0 radical (unpaired) electrons. The first-order valence-electron chi connectivity index (χ1n) is 11.4. The van der Waals surface area contributed by atoms with Crippen LogP contribution in [0.25, 0.3) is 11.3 Å². The quantitative estimate of drug-likeness (QED) is 0.525. The Morgan fingerprint density at radius 3 is 2.40 bits per heavy atom. The van der Waals surface area contributed by atoms with Crippen LogP contribution in [0.2, 0.25) is 0 Å². The van der Waals surface area contributed by atoms with E-state index >= 15 is 0 Å². The maximum atomic E-state index is 13.4. The van der Waals surface area contributed by atoms with Gasteiger partial charge >= 0.3 is 6.29 Å². The molecule has 2 aliphatic rings.